The predicted molar refractivity (Wildman–Crippen MR) is 103 cm³/mol. The third-order valence-electron chi connectivity index (χ3n) is 6.03. The number of aryl methyl sites for hydroxylation is 1. The number of hydrogen-bond donors (Lipinski definition) is 1. The molecule has 1 N–H and O–H groups in total. The first kappa shape index (κ1) is 21.2. The van der Waals surface area contributed by atoms with Crippen LogP contribution in [-0.2, 0) is 4.79 Å². The van der Waals surface area contributed by atoms with Crippen LogP contribution in [0.4, 0.5) is 23.2 Å². The van der Waals surface area contributed by atoms with Gasteiger partial charge in [-0.25, -0.2) is 27.5 Å². The lowest BCUT2D eigenvalue weighted by molar-refractivity contribution is -0.136. The van der Waals surface area contributed by atoms with Gasteiger partial charge in [-0.05, 0) is 44.4 Å². The Morgan fingerprint density at radius 3 is 2.55 bits per heavy atom. The van der Waals surface area contributed by atoms with Gasteiger partial charge >= 0.3 is 0 Å². The van der Waals surface area contributed by atoms with Gasteiger partial charge in [-0.2, -0.15) is 0 Å². The number of carbonyl (C=O) groups is 2. The minimum absolute atomic E-state index is 0.0439. The van der Waals surface area contributed by atoms with Crippen LogP contribution in [0.1, 0.15) is 42.0 Å². The van der Waals surface area contributed by atoms with Crippen molar-refractivity contribution >= 4 is 17.5 Å². The minimum Gasteiger partial charge on any atom is -0.342 e. The Morgan fingerprint density at radius 1 is 1.16 bits per heavy atom. The number of carbonyl (C=O) groups excluding carboxylic acids is 2. The quantitative estimate of drug-likeness (QED) is 0.749. The van der Waals surface area contributed by atoms with E-state index >= 15 is 0 Å². The molecule has 31 heavy (non-hydrogen) atoms. The van der Waals surface area contributed by atoms with Crippen LogP contribution in [0.2, 0.25) is 0 Å². The molecule has 2 fully saturated rings. The first-order valence-electron chi connectivity index (χ1n) is 9.86. The van der Waals surface area contributed by atoms with E-state index in [1.165, 1.54) is 17.2 Å². The zero-order valence-corrected chi connectivity index (χ0v) is 16.7. The van der Waals surface area contributed by atoms with Crippen molar-refractivity contribution in [3.05, 3.63) is 53.6 Å². The molecule has 1 spiro atoms. The highest BCUT2D eigenvalue weighted by Crippen LogP contribution is 2.50. The smallest absolute Gasteiger partial charge is 0.270 e. The Kier molecular flexibility index (Phi) is 5.18. The lowest BCUT2D eigenvalue weighted by Crippen LogP contribution is -2.55. The lowest BCUT2D eigenvalue weighted by atomic mass is 9.69. The zero-order valence-electron chi connectivity index (χ0n) is 16.7. The third kappa shape index (κ3) is 3.98. The van der Waals surface area contributed by atoms with Gasteiger partial charge in [0.15, 0.2) is 0 Å². The molecule has 4 rings (SSSR count). The number of nitrogens with one attached hydrogen (secondary N) is 1. The van der Waals surface area contributed by atoms with Gasteiger partial charge in [0.25, 0.3) is 11.8 Å². The fourth-order valence-electron chi connectivity index (χ4n) is 4.38. The van der Waals surface area contributed by atoms with Crippen molar-refractivity contribution in [2.24, 2.45) is 5.41 Å². The molecule has 164 valence electrons. The molecule has 1 aliphatic heterocycles. The molecular formula is C21H20F4N4O2. The molecule has 2 amide bonds. The SMILES string of the molecule is Cc1nccc(C(=O)NC2CC3(CCN(c4cc(F)cc(F)c4)C3=O)CCC2(F)F)n1. The van der Waals surface area contributed by atoms with Crippen molar-refractivity contribution in [1.29, 1.82) is 0 Å². The Labute approximate surface area is 175 Å². The standard InChI is InChI=1S/C21H20F4N4O2/c1-12-26-6-2-16(27-12)18(30)28-17-11-20(3-4-21(17,24)25)5-7-29(19(20)31)15-9-13(22)8-14(23)10-15/h2,6,8-10,17H,3-5,7,11H2,1H3,(H,28,30). The van der Waals surface area contributed by atoms with Crippen LogP contribution in [0, 0.1) is 24.0 Å². The van der Waals surface area contributed by atoms with E-state index < -0.39 is 47.2 Å². The average Bonchev–Trinajstić information content (AvgIpc) is 3.00. The predicted octanol–water partition coefficient (Wildman–Crippen LogP) is 3.40. The molecule has 0 bridgehead atoms. The summed E-state index contributed by atoms with van der Waals surface area (Å²) < 4.78 is 56.5. The number of halogens is 4. The molecule has 2 aromatic rings. The van der Waals surface area contributed by atoms with E-state index in [4.69, 9.17) is 0 Å². The second-order valence-corrected chi connectivity index (χ2v) is 8.10. The van der Waals surface area contributed by atoms with Gasteiger partial charge in [0, 0.05) is 30.9 Å². The second-order valence-electron chi connectivity index (χ2n) is 8.10. The number of aromatic nitrogens is 2. The maximum atomic E-state index is 14.6. The maximum Gasteiger partial charge on any atom is 0.270 e. The van der Waals surface area contributed by atoms with Crippen LogP contribution < -0.4 is 10.2 Å². The molecule has 2 unspecified atom stereocenters. The largest absolute Gasteiger partial charge is 0.342 e. The second kappa shape index (κ2) is 7.58. The normalized spacial score (nSPS) is 25.1. The first-order chi connectivity index (χ1) is 14.6. The molecule has 6 nitrogen and oxygen atoms in total. The van der Waals surface area contributed by atoms with Gasteiger partial charge in [0.2, 0.25) is 5.91 Å². The fourth-order valence-corrected chi connectivity index (χ4v) is 4.38. The summed E-state index contributed by atoms with van der Waals surface area (Å²) in [7, 11) is 0. The summed E-state index contributed by atoms with van der Waals surface area (Å²) in [6, 6.07) is 2.51. The van der Waals surface area contributed by atoms with E-state index in [0.717, 1.165) is 12.1 Å². The van der Waals surface area contributed by atoms with Crippen molar-refractivity contribution in [2.75, 3.05) is 11.4 Å². The molecule has 10 heteroatoms. The van der Waals surface area contributed by atoms with E-state index in [9.17, 15) is 27.2 Å². The minimum atomic E-state index is -3.21. The number of amides is 2. The third-order valence-corrected chi connectivity index (χ3v) is 6.03. The highest BCUT2D eigenvalue weighted by molar-refractivity contribution is 6.00. The van der Waals surface area contributed by atoms with Gasteiger partial charge in [-0.1, -0.05) is 0 Å². The average molecular weight is 436 g/mol. The Morgan fingerprint density at radius 2 is 1.87 bits per heavy atom. The summed E-state index contributed by atoms with van der Waals surface area (Å²) >= 11 is 0. The molecule has 1 aliphatic carbocycles. The van der Waals surface area contributed by atoms with Gasteiger partial charge in [-0.15, -0.1) is 0 Å². The number of hydrogen-bond acceptors (Lipinski definition) is 4. The van der Waals surface area contributed by atoms with Gasteiger partial charge in [0.1, 0.15) is 23.2 Å². The van der Waals surface area contributed by atoms with E-state index in [-0.39, 0.29) is 37.2 Å². The number of nitrogens with zero attached hydrogens (tertiary/aromatic N) is 3. The highest BCUT2D eigenvalue weighted by Gasteiger charge is 2.57. The lowest BCUT2D eigenvalue weighted by Gasteiger charge is -2.41. The van der Waals surface area contributed by atoms with Crippen LogP contribution >= 0.6 is 0 Å². The van der Waals surface area contributed by atoms with E-state index in [1.54, 1.807) is 6.92 Å². The Bertz CT molecular complexity index is 1030. The molecule has 1 saturated carbocycles. The van der Waals surface area contributed by atoms with Crippen LogP contribution in [0.5, 0.6) is 0 Å². The Balaban J connectivity index is 1.56. The molecule has 1 aromatic heterocycles. The topological polar surface area (TPSA) is 75.2 Å². The van der Waals surface area contributed by atoms with Gasteiger partial charge in [0.05, 0.1) is 11.5 Å². The summed E-state index contributed by atoms with van der Waals surface area (Å²) in [6.07, 6.45) is 0.667. The van der Waals surface area contributed by atoms with Crippen molar-refractivity contribution in [3.8, 4) is 0 Å². The summed E-state index contributed by atoms with van der Waals surface area (Å²) in [5, 5.41) is 2.33. The summed E-state index contributed by atoms with van der Waals surface area (Å²) in [6.45, 7) is 1.72. The highest BCUT2D eigenvalue weighted by atomic mass is 19.3. The van der Waals surface area contributed by atoms with Crippen LogP contribution in [-0.4, -0.2) is 40.3 Å². The molecular weight excluding hydrogens is 416 g/mol. The fraction of sp³-hybridized carbons (Fsp3) is 0.429. The Hall–Kier alpha value is -3.04. The van der Waals surface area contributed by atoms with Crippen molar-refractivity contribution < 1.29 is 27.2 Å². The number of rotatable bonds is 3. The summed E-state index contributed by atoms with van der Waals surface area (Å²) in [4.78, 5) is 34.7. The number of benzene rings is 1. The van der Waals surface area contributed by atoms with Crippen molar-refractivity contribution in [1.82, 2.24) is 15.3 Å². The van der Waals surface area contributed by atoms with Crippen LogP contribution in [0.25, 0.3) is 0 Å². The van der Waals surface area contributed by atoms with E-state index in [1.807, 2.05) is 0 Å². The van der Waals surface area contributed by atoms with Gasteiger partial charge in [-0.3, -0.25) is 9.59 Å². The van der Waals surface area contributed by atoms with E-state index in [2.05, 4.69) is 15.3 Å². The number of alkyl halides is 2. The van der Waals surface area contributed by atoms with Crippen molar-refractivity contribution in [2.45, 2.75) is 44.6 Å². The molecule has 0 radical (unpaired) electrons. The molecule has 2 aliphatic rings. The van der Waals surface area contributed by atoms with Crippen LogP contribution in [0.3, 0.4) is 0 Å². The molecule has 2 heterocycles. The zero-order chi connectivity index (χ0) is 22.4. The first-order valence-corrected chi connectivity index (χ1v) is 9.86. The summed E-state index contributed by atoms with van der Waals surface area (Å²) in [5.74, 6) is -5.79. The maximum absolute atomic E-state index is 14.6. The molecule has 1 saturated heterocycles. The molecule has 1 aromatic carbocycles. The van der Waals surface area contributed by atoms with E-state index in [0.29, 0.717) is 11.9 Å². The van der Waals surface area contributed by atoms with Crippen molar-refractivity contribution in [3.63, 3.8) is 0 Å². The molecule has 2 atom stereocenters. The number of anilines is 1. The summed E-state index contributed by atoms with van der Waals surface area (Å²) in [5.41, 5.74) is -1.13. The monoisotopic (exact) mass is 436 g/mol. The van der Waals surface area contributed by atoms with Crippen LogP contribution in [0.15, 0.2) is 30.5 Å². The van der Waals surface area contributed by atoms with Gasteiger partial charge < -0.3 is 10.2 Å².